The van der Waals surface area contributed by atoms with Crippen LogP contribution in [0.25, 0.3) is 22.3 Å². The smallest absolute Gasteiger partial charge is 0.0163 e. The van der Waals surface area contributed by atoms with Crippen molar-refractivity contribution in [2.24, 2.45) is 0 Å². The first-order chi connectivity index (χ1) is 15.9. The van der Waals surface area contributed by atoms with Crippen LogP contribution in [0.1, 0.15) is 61.8 Å². The zero-order valence-corrected chi connectivity index (χ0v) is 21.5. The molecule has 0 aliphatic rings. The van der Waals surface area contributed by atoms with Crippen molar-refractivity contribution in [1.82, 2.24) is 0 Å². The molecular weight excluding hydrogens is 416 g/mol. The average molecular weight is 451 g/mol. The summed E-state index contributed by atoms with van der Waals surface area (Å²) >= 11 is 1.93. The largest absolute Gasteiger partial charge is 0.0895 e. The Morgan fingerprint density at radius 2 is 0.818 bits per heavy atom. The Morgan fingerprint density at radius 3 is 1.18 bits per heavy atom. The summed E-state index contributed by atoms with van der Waals surface area (Å²) in [4.78, 5) is 2.71. The van der Waals surface area contributed by atoms with Crippen LogP contribution in [0.5, 0.6) is 0 Å². The highest BCUT2D eigenvalue weighted by Crippen LogP contribution is 2.44. The zero-order chi connectivity index (χ0) is 23.5. The van der Waals surface area contributed by atoms with E-state index in [-0.39, 0.29) is 0 Å². The van der Waals surface area contributed by atoms with Crippen molar-refractivity contribution in [2.75, 3.05) is 0 Å². The summed E-state index contributed by atoms with van der Waals surface area (Å²) in [6.45, 7) is 13.7. The molecule has 0 saturated carbocycles. The van der Waals surface area contributed by atoms with E-state index in [1.807, 2.05) is 11.8 Å². The van der Waals surface area contributed by atoms with Gasteiger partial charge in [0.05, 0.1) is 0 Å². The Labute approximate surface area is 204 Å². The van der Waals surface area contributed by atoms with Gasteiger partial charge in [0, 0.05) is 9.79 Å². The minimum Gasteiger partial charge on any atom is -0.0895 e. The lowest BCUT2D eigenvalue weighted by Gasteiger charge is -2.22. The molecule has 4 aromatic carbocycles. The summed E-state index contributed by atoms with van der Waals surface area (Å²) in [6.07, 6.45) is 0. The van der Waals surface area contributed by atoms with E-state index in [2.05, 4.69) is 126 Å². The van der Waals surface area contributed by atoms with Crippen LogP contribution in [-0.2, 0) is 0 Å². The molecule has 0 aliphatic carbocycles. The van der Waals surface area contributed by atoms with Gasteiger partial charge in [-0.25, -0.2) is 0 Å². The van der Waals surface area contributed by atoms with Crippen LogP contribution in [0.2, 0.25) is 0 Å². The van der Waals surface area contributed by atoms with E-state index in [9.17, 15) is 0 Å². The quantitative estimate of drug-likeness (QED) is 0.281. The Kier molecular flexibility index (Phi) is 7.10. The van der Waals surface area contributed by atoms with Crippen molar-refractivity contribution >= 4 is 11.8 Å². The molecule has 1 heteroatoms. The second kappa shape index (κ2) is 10.0. The molecule has 4 rings (SSSR count). The summed E-state index contributed by atoms with van der Waals surface area (Å²) in [5.74, 6) is 0.871. The second-order valence-electron chi connectivity index (χ2n) is 9.48. The molecule has 0 bridgehead atoms. The lowest BCUT2D eigenvalue weighted by molar-refractivity contribution is 0.838. The zero-order valence-electron chi connectivity index (χ0n) is 20.6. The molecule has 0 N–H and O–H groups in total. The van der Waals surface area contributed by atoms with Crippen LogP contribution in [0.15, 0.2) is 94.7 Å². The van der Waals surface area contributed by atoms with Gasteiger partial charge in [0.2, 0.25) is 0 Å². The molecule has 0 radical (unpaired) electrons. The first kappa shape index (κ1) is 23.4. The summed E-state index contributed by atoms with van der Waals surface area (Å²) < 4.78 is 0. The third-order valence-corrected chi connectivity index (χ3v) is 7.53. The average Bonchev–Trinajstić information content (AvgIpc) is 2.79. The fourth-order valence-electron chi connectivity index (χ4n) is 4.80. The van der Waals surface area contributed by atoms with E-state index in [0.717, 1.165) is 0 Å². The number of hydrogen-bond acceptors (Lipinski definition) is 1. The van der Waals surface area contributed by atoms with Crippen LogP contribution >= 0.6 is 11.8 Å². The minimum atomic E-state index is 0.436. The minimum absolute atomic E-state index is 0.436. The first-order valence-electron chi connectivity index (χ1n) is 11.9. The van der Waals surface area contributed by atoms with Gasteiger partial charge in [0.1, 0.15) is 0 Å². The molecule has 0 fully saturated rings. The fourth-order valence-corrected chi connectivity index (χ4v) is 6.24. The SMILES string of the molecule is Cc1ccccc1-c1cccc(Sc2cccc(-c3ccccc3C)c2C(C)C)c1C(C)C. The Bertz CT molecular complexity index is 1160. The van der Waals surface area contributed by atoms with Crippen molar-refractivity contribution in [3.05, 3.63) is 107 Å². The van der Waals surface area contributed by atoms with E-state index >= 15 is 0 Å². The maximum Gasteiger partial charge on any atom is 0.0163 e. The van der Waals surface area contributed by atoms with Gasteiger partial charge in [0.15, 0.2) is 0 Å². The van der Waals surface area contributed by atoms with Gasteiger partial charge in [-0.1, -0.05) is 112 Å². The highest BCUT2D eigenvalue weighted by molar-refractivity contribution is 7.99. The van der Waals surface area contributed by atoms with E-state index in [4.69, 9.17) is 0 Å². The summed E-state index contributed by atoms with van der Waals surface area (Å²) in [5, 5.41) is 0. The topological polar surface area (TPSA) is 0 Å². The van der Waals surface area contributed by atoms with Crippen molar-refractivity contribution < 1.29 is 0 Å². The fraction of sp³-hybridized carbons (Fsp3) is 0.250. The van der Waals surface area contributed by atoms with Crippen LogP contribution in [-0.4, -0.2) is 0 Å². The molecule has 0 atom stereocenters. The third kappa shape index (κ3) is 4.80. The maximum absolute atomic E-state index is 2.31. The van der Waals surface area contributed by atoms with Crippen LogP contribution in [0.4, 0.5) is 0 Å². The molecule has 0 spiro atoms. The van der Waals surface area contributed by atoms with Crippen LogP contribution in [0.3, 0.4) is 0 Å². The molecule has 4 aromatic rings. The highest BCUT2D eigenvalue weighted by Gasteiger charge is 2.19. The summed E-state index contributed by atoms with van der Waals surface area (Å²) in [5.41, 5.74) is 10.9. The number of rotatable bonds is 6. The Balaban J connectivity index is 1.87. The molecule has 0 nitrogen and oxygen atoms in total. The molecule has 0 unspecified atom stereocenters. The van der Waals surface area contributed by atoms with Crippen molar-refractivity contribution in [3.63, 3.8) is 0 Å². The van der Waals surface area contributed by atoms with E-state index in [1.165, 1.54) is 54.3 Å². The summed E-state index contributed by atoms with van der Waals surface area (Å²) in [7, 11) is 0. The van der Waals surface area contributed by atoms with Crippen LogP contribution in [0, 0.1) is 13.8 Å². The molecule has 33 heavy (non-hydrogen) atoms. The Morgan fingerprint density at radius 1 is 0.455 bits per heavy atom. The van der Waals surface area contributed by atoms with E-state index in [0.29, 0.717) is 11.8 Å². The lowest BCUT2D eigenvalue weighted by atomic mass is 9.90. The van der Waals surface area contributed by atoms with E-state index < -0.39 is 0 Å². The Hall–Kier alpha value is -2.77. The maximum atomic E-state index is 2.31. The van der Waals surface area contributed by atoms with Gasteiger partial charge in [-0.15, -0.1) is 0 Å². The lowest BCUT2D eigenvalue weighted by Crippen LogP contribution is -1.99. The van der Waals surface area contributed by atoms with Gasteiger partial charge < -0.3 is 0 Å². The molecule has 0 aliphatic heterocycles. The van der Waals surface area contributed by atoms with Crippen molar-refractivity contribution in [3.8, 4) is 22.3 Å². The predicted octanol–water partition coefficient (Wildman–Crippen LogP) is 10.0. The normalized spacial score (nSPS) is 11.4. The van der Waals surface area contributed by atoms with Gasteiger partial charge in [-0.2, -0.15) is 0 Å². The highest BCUT2D eigenvalue weighted by atomic mass is 32.2. The van der Waals surface area contributed by atoms with Gasteiger partial charge in [-0.3, -0.25) is 0 Å². The summed E-state index contributed by atoms with van der Waals surface area (Å²) in [6, 6.07) is 31.1. The first-order valence-corrected chi connectivity index (χ1v) is 12.8. The second-order valence-corrected chi connectivity index (χ2v) is 10.6. The molecule has 0 amide bonds. The number of hydrogen-bond donors (Lipinski definition) is 0. The standard InChI is InChI=1S/C32H34S/c1-21(2)31-27(25-15-9-7-13-23(25)5)17-11-19-29(31)33-30-20-12-18-28(32(30)22(3)4)26-16-10-8-14-24(26)6/h7-22H,1-6H3. The monoisotopic (exact) mass is 450 g/mol. The third-order valence-electron chi connectivity index (χ3n) is 6.38. The number of aryl methyl sites for hydroxylation is 2. The van der Waals surface area contributed by atoms with Gasteiger partial charge >= 0.3 is 0 Å². The predicted molar refractivity (Wildman–Crippen MR) is 146 cm³/mol. The molecule has 0 aromatic heterocycles. The van der Waals surface area contributed by atoms with Gasteiger partial charge in [-0.05, 0) is 82.3 Å². The van der Waals surface area contributed by atoms with Crippen molar-refractivity contribution in [1.29, 1.82) is 0 Å². The van der Waals surface area contributed by atoms with Gasteiger partial charge in [0.25, 0.3) is 0 Å². The molecule has 0 heterocycles. The van der Waals surface area contributed by atoms with E-state index in [1.54, 1.807) is 0 Å². The van der Waals surface area contributed by atoms with Crippen LogP contribution < -0.4 is 0 Å². The van der Waals surface area contributed by atoms with Crippen molar-refractivity contribution in [2.45, 2.75) is 63.2 Å². The molecule has 0 saturated heterocycles. The molecular formula is C32H34S. The number of benzene rings is 4. The molecule has 168 valence electrons.